The molecule has 2 N–H and O–H groups in total. The molecule has 0 aromatic heterocycles. The molecule has 1 aliphatic heterocycles. The first-order valence-electron chi connectivity index (χ1n) is 10.5. The molecule has 1 saturated heterocycles. The summed E-state index contributed by atoms with van der Waals surface area (Å²) in [6.45, 7) is 3.48. The number of rotatable bonds is 7. The summed E-state index contributed by atoms with van der Waals surface area (Å²) in [5.41, 5.74) is 0.276. The van der Waals surface area contributed by atoms with E-state index in [0.29, 0.717) is 19.0 Å². The van der Waals surface area contributed by atoms with Gasteiger partial charge in [0.1, 0.15) is 11.6 Å². The van der Waals surface area contributed by atoms with E-state index >= 15 is 0 Å². The fraction of sp³-hybridized carbons (Fsp3) is 0.500. The molecular formula is C22H27F2IN4O2. The maximum absolute atomic E-state index is 13.7. The predicted molar refractivity (Wildman–Crippen MR) is 124 cm³/mol. The number of guanidine groups is 1. The van der Waals surface area contributed by atoms with Crippen LogP contribution in [0.5, 0.6) is 0 Å². The lowest BCUT2D eigenvalue weighted by molar-refractivity contribution is -0.140. The molecule has 1 aromatic carbocycles. The van der Waals surface area contributed by atoms with E-state index < -0.39 is 11.6 Å². The van der Waals surface area contributed by atoms with Crippen LogP contribution < -0.4 is 10.6 Å². The molecule has 1 saturated carbocycles. The van der Waals surface area contributed by atoms with Gasteiger partial charge in [0.25, 0.3) is 0 Å². The highest BCUT2D eigenvalue weighted by Gasteiger charge is 2.58. The zero-order chi connectivity index (χ0) is 21.3. The van der Waals surface area contributed by atoms with E-state index in [9.17, 15) is 18.4 Å². The second kappa shape index (κ2) is 10.1. The molecule has 168 valence electrons. The summed E-state index contributed by atoms with van der Waals surface area (Å²) in [4.78, 5) is 31.2. The van der Waals surface area contributed by atoms with Crippen LogP contribution in [0, 0.1) is 35.3 Å². The molecular weight excluding hydrogens is 517 g/mol. The van der Waals surface area contributed by atoms with Crippen LogP contribution in [-0.2, 0) is 16.0 Å². The van der Waals surface area contributed by atoms with Crippen LogP contribution in [0.15, 0.2) is 35.3 Å². The number of hydrogen-bond acceptors (Lipinski definition) is 3. The number of allylic oxidation sites excluding steroid dienone is 2. The lowest BCUT2D eigenvalue weighted by atomic mass is 9.85. The number of hydrogen-bond donors (Lipinski definition) is 2. The van der Waals surface area contributed by atoms with E-state index in [-0.39, 0.29) is 84.5 Å². The molecule has 6 nitrogen and oxygen atoms in total. The summed E-state index contributed by atoms with van der Waals surface area (Å²) in [6, 6.07) is 3.37. The summed E-state index contributed by atoms with van der Waals surface area (Å²) in [6.07, 6.45) is 5.34. The van der Waals surface area contributed by atoms with Gasteiger partial charge in [-0.25, -0.2) is 8.78 Å². The second-order valence-corrected chi connectivity index (χ2v) is 8.00. The summed E-state index contributed by atoms with van der Waals surface area (Å²) in [5, 5.41) is 6.19. The third-order valence-electron chi connectivity index (χ3n) is 6.19. The number of amides is 2. The Labute approximate surface area is 197 Å². The summed E-state index contributed by atoms with van der Waals surface area (Å²) in [7, 11) is 0. The van der Waals surface area contributed by atoms with Gasteiger partial charge in [-0.15, -0.1) is 24.0 Å². The molecule has 2 fully saturated rings. The van der Waals surface area contributed by atoms with E-state index in [4.69, 9.17) is 0 Å². The highest BCUT2D eigenvalue weighted by molar-refractivity contribution is 14.0. The molecule has 2 bridgehead atoms. The van der Waals surface area contributed by atoms with Gasteiger partial charge in [0.05, 0.1) is 11.8 Å². The van der Waals surface area contributed by atoms with Crippen LogP contribution in [0.25, 0.3) is 0 Å². The van der Waals surface area contributed by atoms with Crippen LogP contribution in [0.2, 0.25) is 0 Å². The van der Waals surface area contributed by atoms with Crippen molar-refractivity contribution in [1.82, 2.24) is 15.5 Å². The highest BCUT2D eigenvalue weighted by Crippen LogP contribution is 2.52. The van der Waals surface area contributed by atoms with Crippen LogP contribution in [-0.4, -0.2) is 48.9 Å². The van der Waals surface area contributed by atoms with E-state index in [1.807, 2.05) is 6.92 Å². The third-order valence-corrected chi connectivity index (χ3v) is 6.19. The SMILES string of the molecule is CCNC(=NCCc1cc(F)ccc1F)NCCN1C(=O)C2C3C=CC(C3)C2C1=O.I. The molecule has 4 rings (SSSR count). The van der Waals surface area contributed by atoms with Crippen LogP contribution in [0.3, 0.4) is 0 Å². The minimum absolute atomic E-state index is 0. The van der Waals surface area contributed by atoms with Crippen molar-refractivity contribution in [2.45, 2.75) is 19.8 Å². The van der Waals surface area contributed by atoms with Crippen molar-refractivity contribution in [3.8, 4) is 0 Å². The normalized spacial score (nSPS) is 26.3. The van der Waals surface area contributed by atoms with Crippen molar-refractivity contribution in [3.63, 3.8) is 0 Å². The number of nitrogens with zero attached hydrogens (tertiary/aromatic N) is 2. The predicted octanol–water partition coefficient (Wildman–Crippen LogP) is 2.49. The number of fused-ring (bicyclic) bond motifs is 5. The van der Waals surface area contributed by atoms with Gasteiger partial charge < -0.3 is 10.6 Å². The monoisotopic (exact) mass is 544 g/mol. The van der Waals surface area contributed by atoms with Gasteiger partial charge in [-0.3, -0.25) is 19.5 Å². The molecule has 4 atom stereocenters. The number of benzene rings is 1. The number of halogens is 3. The first-order chi connectivity index (χ1) is 14.5. The quantitative estimate of drug-likeness (QED) is 0.182. The Hall–Kier alpha value is -2.04. The zero-order valence-electron chi connectivity index (χ0n) is 17.3. The van der Waals surface area contributed by atoms with Crippen molar-refractivity contribution in [3.05, 3.63) is 47.5 Å². The van der Waals surface area contributed by atoms with E-state index in [1.165, 1.54) is 11.0 Å². The Bertz CT molecular complexity index is 877. The lowest BCUT2D eigenvalue weighted by Gasteiger charge is -2.18. The standard InChI is InChI=1S/C22H26F2N4O2.HI/c1-2-25-22(26-8-7-13-12-16(23)5-6-17(13)24)27-9-10-28-20(29)18-14-3-4-15(11-14)19(18)21(28)30;/h3-6,12,14-15,18-19H,2,7-11H2,1H3,(H2,25,26,27);1H. The van der Waals surface area contributed by atoms with Crippen molar-refractivity contribution in [2.75, 3.05) is 26.2 Å². The molecule has 1 heterocycles. The van der Waals surface area contributed by atoms with Crippen LogP contribution in [0.4, 0.5) is 8.78 Å². The fourth-order valence-corrected chi connectivity index (χ4v) is 4.84. The Balaban J connectivity index is 0.00000272. The number of aliphatic imine (C=N–C) groups is 1. The molecule has 9 heteroatoms. The van der Waals surface area contributed by atoms with Gasteiger partial charge in [-0.1, -0.05) is 12.2 Å². The van der Waals surface area contributed by atoms with Gasteiger partial charge >= 0.3 is 0 Å². The summed E-state index contributed by atoms with van der Waals surface area (Å²) >= 11 is 0. The average molecular weight is 544 g/mol. The Morgan fingerprint density at radius 1 is 1.13 bits per heavy atom. The Morgan fingerprint density at radius 3 is 2.45 bits per heavy atom. The molecule has 1 aromatic rings. The number of carbonyl (C=O) groups is 2. The molecule has 0 radical (unpaired) electrons. The molecule has 0 spiro atoms. The second-order valence-electron chi connectivity index (χ2n) is 8.00. The minimum atomic E-state index is -0.478. The van der Waals surface area contributed by atoms with Gasteiger partial charge in [-0.05, 0) is 55.4 Å². The third kappa shape index (κ3) is 4.75. The number of nitrogens with one attached hydrogen (secondary N) is 2. The fourth-order valence-electron chi connectivity index (χ4n) is 4.84. The molecule has 3 aliphatic rings. The Kier molecular flexibility index (Phi) is 7.66. The highest BCUT2D eigenvalue weighted by atomic mass is 127. The van der Waals surface area contributed by atoms with E-state index in [2.05, 4.69) is 27.8 Å². The van der Waals surface area contributed by atoms with Crippen molar-refractivity contribution in [2.24, 2.45) is 28.7 Å². The Morgan fingerprint density at radius 2 is 1.81 bits per heavy atom. The minimum Gasteiger partial charge on any atom is -0.357 e. The van der Waals surface area contributed by atoms with Crippen LogP contribution >= 0.6 is 24.0 Å². The smallest absolute Gasteiger partial charge is 0.233 e. The number of likely N-dealkylation sites (tertiary alicyclic amines) is 1. The first kappa shape index (κ1) is 23.6. The summed E-state index contributed by atoms with van der Waals surface area (Å²) < 4.78 is 27.0. The number of carbonyl (C=O) groups excluding carboxylic acids is 2. The zero-order valence-corrected chi connectivity index (χ0v) is 19.6. The lowest BCUT2D eigenvalue weighted by Crippen LogP contribution is -2.43. The topological polar surface area (TPSA) is 73.8 Å². The van der Waals surface area contributed by atoms with Crippen molar-refractivity contribution < 1.29 is 18.4 Å². The molecule has 31 heavy (non-hydrogen) atoms. The molecule has 2 amide bonds. The maximum atomic E-state index is 13.7. The van der Waals surface area contributed by atoms with E-state index in [0.717, 1.165) is 18.6 Å². The summed E-state index contributed by atoms with van der Waals surface area (Å²) in [5.74, 6) is -0.507. The van der Waals surface area contributed by atoms with Gasteiger partial charge in [0, 0.05) is 26.2 Å². The molecule has 4 unspecified atom stereocenters. The largest absolute Gasteiger partial charge is 0.357 e. The number of imide groups is 1. The van der Waals surface area contributed by atoms with Gasteiger partial charge in [-0.2, -0.15) is 0 Å². The molecule has 2 aliphatic carbocycles. The average Bonchev–Trinajstić information content (AvgIpc) is 3.40. The van der Waals surface area contributed by atoms with Gasteiger partial charge in [0.2, 0.25) is 11.8 Å². The first-order valence-corrected chi connectivity index (χ1v) is 10.5. The van der Waals surface area contributed by atoms with Crippen molar-refractivity contribution >= 4 is 41.8 Å². The van der Waals surface area contributed by atoms with Crippen LogP contribution in [0.1, 0.15) is 18.9 Å². The van der Waals surface area contributed by atoms with Gasteiger partial charge in [0.15, 0.2) is 5.96 Å². The maximum Gasteiger partial charge on any atom is 0.233 e. The van der Waals surface area contributed by atoms with E-state index in [1.54, 1.807) is 0 Å². The van der Waals surface area contributed by atoms with Crippen molar-refractivity contribution in [1.29, 1.82) is 0 Å².